The minimum atomic E-state index is -0.0177. The van der Waals surface area contributed by atoms with Gasteiger partial charge in [-0.05, 0) is 30.7 Å². The van der Waals surface area contributed by atoms with Gasteiger partial charge < -0.3 is 24.0 Å². The maximum Gasteiger partial charge on any atom is 0.246 e. The molecule has 0 atom stereocenters. The average molecular weight is 398 g/mol. The van der Waals surface area contributed by atoms with Crippen molar-refractivity contribution in [2.45, 2.75) is 6.92 Å². The number of piperazine rings is 1. The molecule has 154 valence electrons. The number of aromatic nitrogens is 2. The van der Waals surface area contributed by atoms with Gasteiger partial charge in [-0.25, -0.2) is 4.98 Å². The van der Waals surface area contributed by atoms with E-state index in [0.29, 0.717) is 49.4 Å². The summed E-state index contributed by atoms with van der Waals surface area (Å²) in [5.41, 5.74) is 0.873. The highest BCUT2D eigenvalue weighted by atomic mass is 16.5. The van der Waals surface area contributed by atoms with E-state index >= 15 is 0 Å². The Kier molecular flexibility index (Phi) is 6.54. The van der Waals surface area contributed by atoms with Crippen LogP contribution in [0.15, 0.2) is 30.3 Å². The van der Waals surface area contributed by atoms with Crippen LogP contribution in [0.25, 0.3) is 6.08 Å². The van der Waals surface area contributed by atoms with Crippen LogP contribution in [0.5, 0.6) is 17.4 Å². The first-order chi connectivity index (χ1) is 14.0. The fraction of sp³-hybridized carbons (Fsp3) is 0.381. The summed E-state index contributed by atoms with van der Waals surface area (Å²) in [5.74, 6) is 3.30. The predicted molar refractivity (Wildman–Crippen MR) is 111 cm³/mol. The number of carbonyl (C=O) groups excluding carboxylic acids is 1. The van der Waals surface area contributed by atoms with E-state index in [-0.39, 0.29) is 5.91 Å². The number of benzene rings is 1. The summed E-state index contributed by atoms with van der Waals surface area (Å²) in [6.07, 6.45) is 3.38. The second-order valence-electron chi connectivity index (χ2n) is 6.58. The Morgan fingerprint density at radius 3 is 2.34 bits per heavy atom. The van der Waals surface area contributed by atoms with Crippen molar-refractivity contribution in [3.8, 4) is 17.4 Å². The van der Waals surface area contributed by atoms with Gasteiger partial charge in [0.05, 0.1) is 21.3 Å². The van der Waals surface area contributed by atoms with Crippen molar-refractivity contribution in [2.24, 2.45) is 0 Å². The molecule has 1 saturated heterocycles. The molecule has 1 aliphatic heterocycles. The van der Waals surface area contributed by atoms with Gasteiger partial charge in [0.25, 0.3) is 0 Å². The number of anilines is 1. The van der Waals surface area contributed by atoms with Crippen LogP contribution < -0.4 is 19.1 Å². The van der Waals surface area contributed by atoms with Crippen molar-refractivity contribution in [1.29, 1.82) is 0 Å². The number of rotatable bonds is 6. The normalized spacial score (nSPS) is 14.2. The van der Waals surface area contributed by atoms with Gasteiger partial charge in [0, 0.05) is 38.3 Å². The molecular formula is C21H26N4O4. The number of aryl methyl sites for hydroxylation is 1. The summed E-state index contributed by atoms with van der Waals surface area (Å²) in [5, 5.41) is 0. The third-order valence-corrected chi connectivity index (χ3v) is 4.75. The molecule has 1 fully saturated rings. The molecule has 0 N–H and O–H groups in total. The van der Waals surface area contributed by atoms with E-state index in [1.807, 2.05) is 36.1 Å². The minimum absolute atomic E-state index is 0.0177. The second-order valence-corrected chi connectivity index (χ2v) is 6.58. The van der Waals surface area contributed by atoms with Crippen molar-refractivity contribution in [3.63, 3.8) is 0 Å². The molecule has 0 unspecified atom stereocenters. The van der Waals surface area contributed by atoms with Crippen LogP contribution in [0.2, 0.25) is 0 Å². The van der Waals surface area contributed by atoms with Crippen LogP contribution in [0.1, 0.15) is 11.4 Å². The Morgan fingerprint density at radius 2 is 1.69 bits per heavy atom. The molecule has 0 saturated carbocycles. The van der Waals surface area contributed by atoms with Crippen LogP contribution in [-0.4, -0.2) is 68.3 Å². The summed E-state index contributed by atoms with van der Waals surface area (Å²) in [7, 11) is 4.77. The fourth-order valence-corrected chi connectivity index (χ4v) is 3.18. The summed E-state index contributed by atoms with van der Waals surface area (Å²) >= 11 is 0. The topological polar surface area (TPSA) is 77.0 Å². The average Bonchev–Trinajstić information content (AvgIpc) is 2.76. The second kappa shape index (κ2) is 9.27. The fourth-order valence-electron chi connectivity index (χ4n) is 3.18. The predicted octanol–water partition coefficient (Wildman–Crippen LogP) is 2.17. The maximum absolute atomic E-state index is 12.6. The van der Waals surface area contributed by atoms with Crippen LogP contribution in [0.3, 0.4) is 0 Å². The Bertz CT molecular complexity index is 892. The molecule has 8 nitrogen and oxygen atoms in total. The highest BCUT2D eigenvalue weighted by molar-refractivity contribution is 5.92. The van der Waals surface area contributed by atoms with Crippen LogP contribution in [0.4, 0.5) is 5.82 Å². The molecule has 1 aromatic heterocycles. The van der Waals surface area contributed by atoms with E-state index in [1.165, 1.54) is 0 Å². The Balaban J connectivity index is 1.60. The Morgan fingerprint density at radius 1 is 0.966 bits per heavy atom. The van der Waals surface area contributed by atoms with Gasteiger partial charge in [0.15, 0.2) is 11.5 Å². The lowest BCUT2D eigenvalue weighted by Crippen LogP contribution is -2.48. The van der Waals surface area contributed by atoms with Crippen molar-refractivity contribution in [2.75, 3.05) is 52.4 Å². The van der Waals surface area contributed by atoms with Gasteiger partial charge in [-0.1, -0.05) is 6.07 Å². The number of ether oxygens (including phenoxy) is 3. The van der Waals surface area contributed by atoms with Gasteiger partial charge in [-0.3, -0.25) is 4.79 Å². The van der Waals surface area contributed by atoms with Gasteiger partial charge >= 0.3 is 0 Å². The van der Waals surface area contributed by atoms with Crippen LogP contribution in [-0.2, 0) is 4.79 Å². The molecular weight excluding hydrogens is 372 g/mol. The molecule has 0 aliphatic carbocycles. The van der Waals surface area contributed by atoms with E-state index in [0.717, 1.165) is 11.4 Å². The third kappa shape index (κ3) is 4.96. The minimum Gasteiger partial charge on any atom is -0.493 e. The van der Waals surface area contributed by atoms with E-state index in [9.17, 15) is 4.79 Å². The van der Waals surface area contributed by atoms with E-state index in [2.05, 4.69) is 14.9 Å². The highest BCUT2D eigenvalue weighted by Gasteiger charge is 2.21. The SMILES string of the molecule is COc1cc(N2CCN(C(=O)/C=C/c3ccc(OC)c(OC)c3)CC2)nc(C)n1. The molecule has 1 amide bonds. The molecule has 3 rings (SSSR count). The number of carbonyl (C=O) groups is 1. The quantitative estimate of drug-likeness (QED) is 0.690. The number of nitrogens with zero attached hydrogens (tertiary/aromatic N) is 4. The van der Waals surface area contributed by atoms with Crippen molar-refractivity contribution < 1.29 is 19.0 Å². The Labute approximate surface area is 170 Å². The highest BCUT2D eigenvalue weighted by Crippen LogP contribution is 2.28. The summed E-state index contributed by atoms with van der Waals surface area (Å²) in [6.45, 7) is 4.50. The van der Waals surface area contributed by atoms with E-state index in [1.54, 1.807) is 33.5 Å². The molecule has 1 aromatic carbocycles. The van der Waals surface area contributed by atoms with Gasteiger partial charge in [0.1, 0.15) is 11.6 Å². The van der Waals surface area contributed by atoms with Crippen LogP contribution in [0, 0.1) is 6.92 Å². The monoisotopic (exact) mass is 398 g/mol. The molecule has 2 heterocycles. The summed E-state index contributed by atoms with van der Waals surface area (Å²) < 4.78 is 15.8. The molecule has 2 aromatic rings. The molecule has 8 heteroatoms. The lowest BCUT2D eigenvalue weighted by molar-refractivity contribution is -0.126. The molecule has 0 radical (unpaired) electrons. The molecule has 0 bridgehead atoms. The smallest absolute Gasteiger partial charge is 0.246 e. The van der Waals surface area contributed by atoms with Crippen molar-refractivity contribution >= 4 is 17.8 Å². The molecule has 0 spiro atoms. The van der Waals surface area contributed by atoms with Crippen LogP contribution >= 0.6 is 0 Å². The van der Waals surface area contributed by atoms with E-state index in [4.69, 9.17) is 14.2 Å². The van der Waals surface area contributed by atoms with E-state index < -0.39 is 0 Å². The first-order valence-electron chi connectivity index (χ1n) is 9.37. The maximum atomic E-state index is 12.6. The van der Waals surface area contributed by atoms with Crippen molar-refractivity contribution in [3.05, 3.63) is 41.7 Å². The zero-order valence-corrected chi connectivity index (χ0v) is 17.2. The van der Waals surface area contributed by atoms with Crippen molar-refractivity contribution in [1.82, 2.24) is 14.9 Å². The lowest BCUT2D eigenvalue weighted by atomic mass is 10.2. The zero-order valence-electron chi connectivity index (χ0n) is 17.2. The third-order valence-electron chi connectivity index (χ3n) is 4.75. The molecule has 1 aliphatic rings. The number of hydrogen-bond acceptors (Lipinski definition) is 7. The molecule has 29 heavy (non-hydrogen) atoms. The standard InChI is InChI=1S/C21H26N4O4/c1-15-22-19(14-20(23-15)29-4)24-9-11-25(12-10-24)21(26)8-6-16-5-7-17(27-2)18(13-16)28-3/h5-8,13-14H,9-12H2,1-4H3/b8-6+. The lowest BCUT2D eigenvalue weighted by Gasteiger charge is -2.35. The first-order valence-corrected chi connectivity index (χ1v) is 9.37. The number of methoxy groups -OCH3 is 3. The van der Waals surface area contributed by atoms with Gasteiger partial charge in [0.2, 0.25) is 11.8 Å². The Hall–Kier alpha value is -3.29. The zero-order chi connectivity index (χ0) is 20.8. The van der Waals surface area contributed by atoms with Gasteiger partial charge in [-0.2, -0.15) is 4.98 Å². The first kappa shape index (κ1) is 20.4. The summed E-state index contributed by atoms with van der Waals surface area (Å²) in [6, 6.07) is 7.36. The number of amides is 1. The summed E-state index contributed by atoms with van der Waals surface area (Å²) in [4.78, 5) is 25.2. The number of hydrogen-bond donors (Lipinski definition) is 0. The van der Waals surface area contributed by atoms with Gasteiger partial charge in [-0.15, -0.1) is 0 Å². The largest absolute Gasteiger partial charge is 0.493 e.